The first-order valence-corrected chi connectivity index (χ1v) is 8.52. The van der Waals surface area contributed by atoms with Gasteiger partial charge in [-0.3, -0.25) is 9.89 Å². The van der Waals surface area contributed by atoms with Crippen molar-refractivity contribution < 1.29 is 4.79 Å². The van der Waals surface area contributed by atoms with Crippen LogP contribution in [0.5, 0.6) is 0 Å². The summed E-state index contributed by atoms with van der Waals surface area (Å²) in [5.74, 6) is 0.797. The van der Waals surface area contributed by atoms with Gasteiger partial charge >= 0.3 is 0 Å². The molecule has 0 unspecified atom stereocenters. The number of hydrogen-bond donors (Lipinski definition) is 2. The Labute approximate surface area is 134 Å². The highest BCUT2D eigenvalue weighted by atomic mass is 32.2. The number of rotatable bonds is 6. The first kappa shape index (κ1) is 15.1. The minimum absolute atomic E-state index is 0.0612. The molecule has 0 spiro atoms. The average Bonchev–Trinajstić information content (AvgIpc) is 3.23. The van der Waals surface area contributed by atoms with E-state index in [9.17, 15) is 4.79 Å². The number of aromatic amines is 1. The molecule has 1 aliphatic rings. The predicted octanol–water partition coefficient (Wildman–Crippen LogP) is 2.79. The number of thioether (sulfide) groups is 1. The topological polar surface area (TPSA) is 70.7 Å². The number of H-pyrrole nitrogens is 1. The molecule has 1 saturated carbocycles. The van der Waals surface area contributed by atoms with E-state index in [2.05, 4.69) is 39.6 Å². The molecule has 1 amide bonds. The third-order valence-corrected chi connectivity index (χ3v) is 4.64. The Bertz CT molecular complexity index is 648. The zero-order chi connectivity index (χ0) is 15.5. The third kappa shape index (κ3) is 3.68. The fourth-order valence-corrected chi connectivity index (χ4v) is 2.82. The van der Waals surface area contributed by atoms with Crippen molar-refractivity contribution in [3.63, 3.8) is 0 Å². The molecule has 3 rings (SSSR count). The molecule has 1 atom stereocenters. The molecular weight excluding hydrogens is 296 g/mol. The number of benzene rings is 1. The van der Waals surface area contributed by atoms with E-state index in [0.717, 1.165) is 30.7 Å². The van der Waals surface area contributed by atoms with E-state index in [1.807, 2.05) is 19.1 Å². The lowest BCUT2D eigenvalue weighted by Gasteiger charge is -2.08. The predicted molar refractivity (Wildman–Crippen MR) is 87.7 cm³/mol. The first-order chi connectivity index (χ1) is 10.7. The maximum absolute atomic E-state index is 11.9. The van der Waals surface area contributed by atoms with Crippen LogP contribution in [0.1, 0.15) is 32.3 Å². The standard InChI is InChI=1S/C16H20N4OS/c1-3-11-4-6-12(7-5-11)14-18-16(20-19-14)22-10(2)15(21)17-13-8-9-13/h4-7,10,13H,3,8-9H2,1-2H3,(H,17,21)(H,18,19,20)/t10-/m1/s1. The van der Waals surface area contributed by atoms with E-state index in [0.29, 0.717) is 11.2 Å². The summed E-state index contributed by atoms with van der Waals surface area (Å²) >= 11 is 1.38. The SMILES string of the molecule is CCc1ccc(-c2nc(S[C@H](C)C(=O)NC3CC3)n[nH]2)cc1. The van der Waals surface area contributed by atoms with Gasteiger partial charge in [0.15, 0.2) is 5.82 Å². The molecule has 116 valence electrons. The van der Waals surface area contributed by atoms with Crippen LogP contribution >= 0.6 is 11.8 Å². The molecule has 0 saturated heterocycles. The lowest BCUT2D eigenvalue weighted by Crippen LogP contribution is -2.32. The van der Waals surface area contributed by atoms with Crippen LogP contribution in [0.15, 0.2) is 29.4 Å². The van der Waals surface area contributed by atoms with Gasteiger partial charge in [-0.05, 0) is 31.7 Å². The molecular formula is C16H20N4OS. The lowest BCUT2D eigenvalue weighted by atomic mass is 10.1. The van der Waals surface area contributed by atoms with Gasteiger partial charge in [-0.2, -0.15) is 0 Å². The van der Waals surface area contributed by atoms with Crippen molar-refractivity contribution in [3.8, 4) is 11.4 Å². The number of aryl methyl sites for hydroxylation is 1. The summed E-state index contributed by atoms with van der Waals surface area (Å²) in [7, 11) is 0. The molecule has 1 aliphatic carbocycles. The van der Waals surface area contributed by atoms with E-state index < -0.39 is 0 Å². The Morgan fingerprint density at radius 2 is 2.14 bits per heavy atom. The summed E-state index contributed by atoms with van der Waals surface area (Å²) in [5.41, 5.74) is 2.30. The molecule has 0 bridgehead atoms. The quantitative estimate of drug-likeness (QED) is 0.804. The van der Waals surface area contributed by atoms with E-state index in [1.165, 1.54) is 17.3 Å². The minimum atomic E-state index is -0.188. The van der Waals surface area contributed by atoms with Crippen LogP contribution in [0, 0.1) is 0 Å². The van der Waals surface area contributed by atoms with Gasteiger partial charge in [0.05, 0.1) is 5.25 Å². The molecule has 1 fully saturated rings. The molecule has 1 aromatic heterocycles. The fraction of sp³-hybridized carbons (Fsp3) is 0.438. The van der Waals surface area contributed by atoms with Gasteiger partial charge in [-0.25, -0.2) is 4.98 Å². The summed E-state index contributed by atoms with van der Waals surface area (Å²) < 4.78 is 0. The zero-order valence-corrected chi connectivity index (χ0v) is 13.6. The minimum Gasteiger partial charge on any atom is -0.352 e. The molecule has 0 radical (unpaired) electrons. The Hall–Kier alpha value is -1.82. The third-order valence-electron chi connectivity index (χ3n) is 3.68. The Morgan fingerprint density at radius 3 is 2.77 bits per heavy atom. The molecule has 6 heteroatoms. The molecule has 2 aromatic rings. The smallest absolute Gasteiger partial charge is 0.233 e. The van der Waals surface area contributed by atoms with Crippen molar-refractivity contribution in [2.75, 3.05) is 0 Å². The van der Waals surface area contributed by atoms with Gasteiger partial charge < -0.3 is 5.32 Å². The highest BCUT2D eigenvalue weighted by molar-refractivity contribution is 8.00. The molecule has 2 N–H and O–H groups in total. The Kier molecular flexibility index (Phi) is 4.47. The summed E-state index contributed by atoms with van der Waals surface area (Å²) in [6.07, 6.45) is 3.22. The van der Waals surface area contributed by atoms with Gasteiger partial charge in [0.25, 0.3) is 0 Å². The summed E-state index contributed by atoms with van der Waals surface area (Å²) in [6, 6.07) is 8.65. The van der Waals surface area contributed by atoms with Crippen molar-refractivity contribution in [1.82, 2.24) is 20.5 Å². The number of amides is 1. The van der Waals surface area contributed by atoms with Crippen molar-refractivity contribution in [1.29, 1.82) is 0 Å². The van der Waals surface area contributed by atoms with E-state index in [1.54, 1.807) is 0 Å². The number of aromatic nitrogens is 3. The van der Waals surface area contributed by atoms with Crippen molar-refractivity contribution in [2.24, 2.45) is 0 Å². The highest BCUT2D eigenvalue weighted by Crippen LogP contribution is 2.25. The molecule has 5 nitrogen and oxygen atoms in total. The van der Waals surface area contributed by atoms with Crippen LogP contribution in [-0.4, -0.2) is 32.4 Å². The van der Waals surface area contributed by atoms with Crippen LogP contribution in [0.2, 0.25) is 0 Å². The summed E-state index contributed by atoms with van der Waals surface area (Å²) in [5, 5.41) is 10.6. The normalized spacial score (nSPS) is 15.5. The van der Waals surface area contributed by atoms with E-state index >= 15 is 0 Å². The molecule has 22 heavy (non-hydrogen) atoms. The largest absolute Gasteiger partial charge is 0.352 e. The molecule has 1 aromatic carbocycles. The lowest BCUT2D eigenvalue weighted by molar-refractivity contribution is -0.120. The van der Waals surface area contributed by atoms with E-state index in [4.69, 9.17) is 0 Å². The Morgan fingerprint density at radius 1 is 1.41 bits per heavy atom. The van der Waals surface area contributed by atoms with Gasteiger partial charge in [-0.15, -0.1) is 5.10 Å². The second kappa shape index (κ2) is 6.52. The van der Waals surface area contributed by atoms with Gasteiger partial charge in [0.1, 0.15) is 0 Å². The summed E-state index contributed by atoms with van der Waals surface area (Å²) in [6.45, 7) is 4.01. The van der Waals surface area contributed by atoms with Gasteiger partial charge in [0, 0.05) is 11.6 Å². The number of nitrogens with zero attached hydrogens (tertiary/aromatic N) is 2. The van der Waals surface area contributed by atoms with Crippen molar-refractivity contribution in [3.05, 3.63) is 29.8 Å². The average molecular weight is 316 g/mol. The number of hydrogen-bond acceptors (Lipinski definition) is 4. The number of carbonyl (C=O) groups excluding carboxylic acids is 1. The first-order valence-electron chi connectivity index (χ1n) is 7.64. The van der Waals surface area contributed by atoms with Crippen molar-refractivity contribution >= 4 is 17.7 Å². The zero-order valence-electron chi connectivity index (χ0n) is 12.8. The van der Waals surface area contributed by atoms with Crippen LogP contribution in [-0.2, 0) is 11.2 Å². The number of nitrogens with one attached hydrogen (secondary N) is 2. The van der Waals surface area contributed by atoms with Crippen LogP contribution in [0.25, 0.3) is 11.4 Å². The molecule has 0 aliphatic heterocycles. The van der Waals surface area contributed by atoms with Crippen LogP contribution < -0.4 is 5.32 Å². The van der Waals surface area contributed by atoms with Crippen LogP contribution in [0.4, 0.5) is 0 Å². The van der Waals surface area contributed by atoms with E-state index in [-0.39, 0.29) is 11.2 Å². The molecule has 1 heterocycles. The second-order valence-corrected chi connectivity index (χ2v) is 6.87. The monoisotopic (exact) mass is 316 g/mol. The summed E-state index contributed by atoms with van der Waals surface area (Å²) in [4.78, 5) is 16.4. The van der Waals surface area contributed by atoms with Crippen molar-refractivity contribution in [2.45, 2.75) is 49.6 Å². The number of carbonyl (C=O) groups is 1. The van der Waals surface area contributed by atoms with Gasteiger partial charge in [0.2, 0.25) is 11.1 Å². The Balaban J connectivity index is 1.63. The van der Waals surface area contributed by atoms with Gasteiger partial charge in [-0.1, -0.05) is 43.0 Å². The van der Waals surface area contributed by atoms with Crippen LogP contribution in [0.3, 0.4) is 0 Å². The second-order valence-electron chi connectivity index (χ2n) is 5.56. The maximum atomic E-state index is 11.9. The highest BCUT2D eigenvalue weighted by Gasteiger charge is 2.26. The fourth-order valence-electron chi connectivity index (χ4n) is 2.08. The maximum Gasteiger partial charge on any atom is 0.233 e.